The Labute approximate surface area is 224 Å². The number of aryl methyl sites for hydroxylation is 1. The number of hydrogen-bond donors (Lipinski definition) is 1. The molecule has 0 aliphatic carbocycles. The topological polar surface area (TPSA) is 94.2 Å². The molecule has 0 radical (unpaired) electrons. The van der Waals surface area contributed by atoms with E-state index in [2.05, 4.69) is 17.4 Å². The standard InChI is InChI=1S/C29H34N2O6S/c1-22-9-12-25(13-10-22)38(33,34)31(26-19-24(35-2)11-14-27(26)36-3)20-28(32)30-21-29(15-17-37-18-16-29)23-7-5-4-6-8-23/h4-14,19H,15-18,20-21H2,1-3H3,(H,30,32). The van der Waals surface area contributed by atoms with Gasteiger partial charge in [0.05, 0.1) is 24.8 Å². The SMILES string of the molecule is COc1ccc(OC)c(N(CC(=O)NCC2(c3ccccc3)CCOCC2)S(=O)(=O)c2ccc(C)cc2)c1. The third-order valence-corrected chi connectivity index (χ3v) is 8.78. The summed E-state index contributed by atoms with van der Waals surface area (Å²) in [5.74, 6) is 0.322. The maximum absolute atomic E-state index is 13.9. The van der Waals surface area contributed by atoms with E-state index in [9.17, 15) is 13.2 Å². The lowest BCUT2D eigenvalue weighted by atomic mass is 9.74. The molecule has 4 rings (SSSR count). The van der Waals surface area contributed by atoms with E-state index in [4.69, 9.17) is 14.2 Å². The normalized spacial score (nSPS) is 14.9. The zero-order valence-corrected chi connectivity index (χ0v) is 22.8. The van der Waals surface area contributed by atoms with Crippen molar-refractivity contribution in [1.29, 1.82) is 0 Å². The quantitative estimate of drug-likeness (QED) is 0.418. The number of amides is 1. The van der Waals surface area contributed by atoms with Crippen molar-refractivity contribution in [3.05, 3.63) is 83.9 Å². The number of benzene rings is 3. The van der Waals surface area contributed by atoms with Crippen LogP contribution < -0.4 is 19.1 Å². The average Bonchev–Trinajstić information content (AvgIpc) is 2.95. The van der Waals surface area contributed by atoms with Crippen LogP contribution in [0, 0.1) is 6.92 Å². The second-order valence-corrected chi connectivity index (χ2v) is 11.3. The van der Waals surface area contributed by atoms with Gasteiger partial charge in [-0.1, -0.05) is 48.0 Å². The highest BCUT2D eigenvalue weighted by molar-refractivity contribution is 7.92. The smallest absolute Gasteiger partial charge is 0.264 e. The molecule has 3 aromatic rings. The number of sulfonamides is 1. The average molecular weight is 539 g/mol. The van der Waals surface area contributed by atoms with Crippen LogP contribution in [-0.2, 0) is 25.0 Å². The molecule has 1 heterocycles. The van der Waals surface area contributed by atoms with Crippen LogP contribution in [0.15, 0.2) is 77.7 Å². The highest BCUT2D eigenvalue weighted by Crippen LogP contribution is 2.36. The summed E-state index contributed by atoms with van der Waals surface area (Å²) in [5.41, 5.74) is 1.98. The zero-order valence-electron chi connectivity index (χ0n) is 22.0. The monoisotopic (exact) mass is 538 g/mol. The van der Waals surface area contributed by atoms with Crippen LogP contribution in [0.1, 0.15) is 24.0 Å². The van der Waals surface area contributed by atoms with Gasteiger partial charge in [-0.25, -0.2) is 8.42 Å². The molecule has 1 aliphatic heterocycles. The molecule has 0 spiro atoms. The van der Waals surface area contributed by atoms with Gasteiger partial charge in [0.15, 0.2) is 0 Å². The van der Waals surface area contributed by atoms with Crippen LogP contribution >= 0.6 is 0 Å². The van der Waals surface area contributed by atoms with Crippen LogP contribution in [0.4, 0.5) is 5.69 Å². The van der Waals surface area contributed by atoms with Crippen molar-refractivity contribution in [1.82, 2.24) is 5.32 Å². The van der Waals surface area contributed by atoms with Crippen LogP contribution in [0.25, 0.3) is 0 Å². The first-order chi connectivity index (χ1) is 18.3. The lowest BCUT2D eigenvalue weighted by Gasteiger charge is -2.38. The first-order valence-corrected chi connectivity index (χ1v) is 13.9. The highest BCUT2D eigenvalue weighted by Gasteiger charge is 2.36. The van der Waals surface area contributed by atoms with E-state index < -0.39 is 22.5 Å². The second kappa shape index (κ2) is 11.9. The number of carbonyl (C=O) groups excluding carboxylic acids is 1. The number of ether oxygens (including phenoxy) is 3. The van der Waals surface area contributed by atoms with Gasteiger partial charge >= 0.3 is 0 Å². The number of methoxy groups -OCH3 is 2. The third kappa shape index (κ3) is 5.95. The minimum absolute atomic E-state index is 0.0750. The maximum Gasteiger partial charge on any atom is 0.264 e. The Morgan fingerprint density at radius 1 is 0.974 bits per heavy atom. The van der Waals surface area contributed by atoms with Gasteiger partial charge in [-0.3, -0.25) is 9.10 Å². The highest BCUT2D eigenvalue weighted by atomic mass is 32.2. The van der Waals surface area contributed by atoms with Crippen LogP contribution in [0.3, 0.4) is 0 Å². The molecule has 3 aromatic carbocycles. The van der Waals surface area contributed by atoms with Crippen molar-refractivity contribution in [2.24, 2.45) is 0 Å². The van der Waals surface area contributed by atoms with Crippen molar-refractivity contribution in [3.8, 4) is 11.5 Å². The van der Waals surface area contributed by atoms with E-state index in [-0.39, 0.29) is 16.0 Å². The number of nitrogens with one attached hydrogen (secondary N) is 1. The maximum atomic E-state index is 13.9. The fourth-order valence-electron chi connectivity index (χ4n) is 4.70. The fraction of sp³-hybridized carbons (Fsp3) is 0.345. The van der Waals surface area contributed by atoms with Crippen molar-refractivity contribution in [2.45, 2.75) is 30.1 Å². The predicted octanol–water partition coefficient (Wildman–Crippen LogP) is 4.07. The Morgan fingerprint density at radius 3 is 2.29 bits per heavy atom. The van der Waals surface area contributed by atoms with E-state index in [0.717, 1.165) is 28.3 Å². The predicted molar refractivity (Wildman–Crippen MR) is 146 cm³/mol. The molecule has 9 heteroatoms. The summed E-state index contributed by atoms with van der Waals surface area (Å²) in [6, 6.07) is 21.4. The summed E-state index contributed by atoms with van der Waals surface area (Å²) in [6.45, 7) is 3.01. The summed E-state index contributed by atoms with van der Waals surface area (Å²) < 4.78 is 45.2. The van der Waals surface area contributed by atoms with Crippen molar-refractivity contribution >= 4 is 21.6 Å². The fourth-order valence-corrected chi connectivity index (χ4v) is 6.13. The van der Waals surface area contributed by atoms with Crippen molar-refractivity contribution < 1.29 is 27.4 Å². The van der Waals surface area contributed by atoms with Gasteiger partial charge in [-0.15, -0.1) is 0 Å². The molecular formula is C29H34N2O6S. The molecule has 1 N–H and O–H groups in total. The minimum Gasteiger partial charge on any atom is -0.497 e. The first-order valence-electron chi connectivity index (χ1n) is 12.5. The van der Waals surface area contributed by atoms with E-state index in [0.29, 0.717) is 31.3 Å². The second-order valence-electron chi connectivity index (χ2n) is 9.40. The van der Waals surface area contributed by atoms with E-state index >= 15 is 0 Å². The zero-order chi connectivity index (χ0) is 27.2. The molecule has 1 fully saturated rings. The molecule has 0 aromatic heterocycles. The molecule has 202 valence electrons. The third-order valence-electron chi connectivity index (χ3n) is 7.01. The summed E-state index contributed by atoms with van der Waals surface area (Å²) in [6.07, 6.45) is 1.51. The van der Waals surface area contributed by atoms with Gasteiger partial charge in [-0.05, 0) is 49.6 Å². The molecule has 0 saturated carbocycles. The van der Waals surface area contributed by atoms with Gasteiger partial charge in [0.2, 0.25) is 5.91 Å². The summed E-state index contributed by atoms with van der Waals surface area (Å²) in [5, 5.41) is 3.02. The Bertz CT molecular complexity index is 1340. The van der Waals surface area contributed by atoms with Gasteiger partial charge in [-0.2, -0.15) is 0 Å². The molecule has 1 aliphatic rings. The minimum atomic E-state index is -4.12. The molecule has 1 amide bonds. The Hall–Kier alpha value is -3.56. The van der Waals surface area contributed by atoms with E-state index in [1.165, 1.54) is 26.4 Å². The van der Waals surface area contributed by atoms with Crippen molar-refractivity contribution in [3.63, 3.8) is 0 Å². The molecule has 8 nitrogen and oxygen atoms in total. The Morgan fingerprint density at radius 2 is 1.66 bits per heavy atom. The molecule has 38 heavy (non-hydrogen) atoms. The molecule has 0 bridgehead atoms. The molecule has 0 atom stereocenters. The Balaban J connectivity index is 1.65. The number of hydrogen-bond acceptors (Lipinski definition) is 6. The summed E-state index contributed by atoms with van der Waals surface area (Å²) in [7, 11) is -1.17. The largest absolute Gasteiger partial charge is 0.497 e. The molecule has 1 saturated heterocycles. The number of anilines is 1. The lowest BCUT2D eigenvalue weighted by Crippen LogP contribution is -2.48. The molecule has 0 unspecified atom stereocenters. The first kappa shape index (κ1) is 27.5. The Kier molecular flexibility index (Phi) is 8.58. The van der Waals surface area contributed by atoms with Gasteiger partial charge in [0.1, 0.15) is 18.0 Å². The van der Waals surface area contributed by atoms with Gasteiger partial charge in [0.25, 0.3) is 10.0 Å². The summed E-state index contributed by atoms with van der Waals surface area (Å²) in [4.78, 5) is 13.5. The van der Waals surface area contributed by atoms with Crippen LogP contribution in [-0.4, -0.2) is 54.8 Å². The summed E-state index contributed by atoms with van der Waals surface area (Å²) >= 11 is 0. The van der Waals surface area contributed by atoms with Gasteiger partial charge in [0, 0.05) is 31.2 Å². The van der Waals surface area contributed by atoms with E-state index in [1.54, 1.807) is 30.3 Å². The van der Waals surface area contributed by atoms with Crippen LogP contribution in [0.5, 0.6) is 11.5 Å². The van der Waals surface area contributed by atoms with Crippen molar-refractivity contribution in [2.75, 3.05) is 44.8 Å². The number of rotatable bonds is 10. The van der Waals surface area contributed by atoms with E-state index in [1.807, 2.05) is 25.1 Å². The van der Waals surface area contributed by atoms with Crippen LogP contribution in [0.2, 0.25) is 0 Å². The lowest BCUT2D eigenvalue weighted by molar-refractivity contribution is -0.120. The number of carbonyl (C=O) groups is 1. The molecular weight excluding hydrogens is 504 g/mol. The number of nitrogens with zero attached hydrogens (tertiary/aromatic N) is 1. The van der Waals surface area contributed by atoms with Gasteiger partial charge < -0.3 is 19.5 Å².